The Morgan fingerprint density at radius 2 is 1.79 bits per heavy atom. The van der Waals surface area contributed by atoms with E-state index in [0.717, 1.165) is 12.1 Å². The van der Waals surface area contributed by atoms with Crippen LogP contribution < -0.4 is 0 Å². The number of rotatable bonds is 0. The SMILES string of the molecule is CC.CC1(C)CC=Nc2ccccc21. The predicted molar refractivity (Wildman–Crippen MR) is 63.6 cm³/mol. The van der Waals surface area contributed by atoms with E-state index in [1.165, 1.54) is 5.56 Å². The van der Waals surface area contributed by atoms with Crippen LogP contribution in [-0.2, 0) is 5.41 Å². The maximum atomic E-state index is 4.36. The van der Waals surface area contributed by atoms with E-state index in [2.05, 4.69) is 37.0 Å². The van der Waals surface area contributed by atoms with Crippen LogP contribution in [0, 0.1) is 0 Å². The Bertz CT molecular complexity index is 324. The summed E-state index contributed by atoms with van der Waals surface area (Å²) in [6, 6.07) is 8.37. The zero-order valence-electron chi connectivity index (χ0n) is 9.54. The fourth-order valence-electron chi connectivity index (χ4n) is 1.64. The molecule has 0 aromatic heterocycles. The fraction of sp³-hybridized carbons (Fsp3) is 0.462. The zero-order chi connectivity index (χ0) is 10.6. The van der Waals surface area contributed by atoms with Gasteiger partial charge in [-0.1, -0.05) is 45.9 Å². The summed E-state index contributed by atoms with van der Waals surface area (Å²) < 4.78 is 0. The number of benzene rings is 1. The summed E-state index contributed by atoms with van der Waals surface area (Å²) in [5, 5.41) is 0. The molecule has 0 unspecified atom stereocenters. The summed E-state index contributed by atoms with van der Waals surface area (Å²) in [6.07, 6.45) is 3.06. The molecular weight excluding hydrogens is 170 g/mol. The third-order valence-electron chi connectivity index (χ3n) is 2.47. The molecule has 1 aromatic carbocycles. The molecule has 2 rings (SSSR count). The Morgan fingerprint density at radius 1 is 1.14 bits per heavy atom. The van der Waals surface area contributed by atoms with Crippen LogP contribution in [0.5, 0.6) is 0 Å². The molecule has 1 aliphatic heterocycles. The molecule has 1 heteroatoms. The lowest BCUT2D eigenvalue weighted by Gasteiger charge is -2.27. The van der Waals surface area contributed by atoms with Gasteiger partial charge >= 0.3 is 0 Å². The number of para-hydroxylation sites is 1. The first-order chi connectivity index (χ1) is 6.70. The molecular formula is C13H19N. The highest BCUT2D eigenvalue weighted by molar-refractivity contribution is 5.71. The van der Waals surface area contributed by atoms with Crippen molar-refractivity contribution in [2.45, 2.75) is 39.5 Å². The molecule has 0 saturated heterocycles. The first-order valence-corrected chi connectivity index (χ1v) is 5.32. The van der Waals surface area contributed by atoms with Gasteiger partial charge in [0.05, 0.1) is 5.69 Å². The van der Waals surface area contributed by atoms with Crippen LogP contribution in [0.25, 0.3) is 0 Å². The van der Waals surface area contributed by atoms with E-state index in [4.69, 9.17) is 0 Å². The topological polar surface area (TPSA) is 12.4 Å². The second kappa shape index (κ2) is 4.41. The Labute approximate surface area is 86.9 Å². The lowest BCUT2D eigenvalue weighted by Crippen LogP contribution is -2.20. The Balaban J connectivity index is 0.000000461. The molecule has 0 radical (unpaired) electrons. The van der Waals surface area contributed by atoms with E-state index in [1.54, 1.807) is 0 Å². The van der Waals surface area contributed by atoms with Crippen molar-refractivity contribution in [2.75, 3.05) is 0 Å². The lowest BCUT2D eigenvalue weighted by atomic mass is 9.80. The molecule has 76 valence electrons. The zero-order valence-corrected chi connectivity index (χ0v) is 9.54. The molecule has 0 bridgehead atoms. The minimum Gasteiger partial charge on any atom is -0.261 e. The summed E-state index contributed by atoms with van der Waals surface area (Å²) in [4.78, 5) is 4.36. The first kappa shape index (κ1) is 11.0. The molecule has 0 atom stereocenters. The Kier molecular flexibility index (Phi) is 3.45. The van der Waals surface area contributed by atoms with Crippen LogP contribution in [0.15, 0.2) is 29.3 Å². The van der Waals surface area contributed by atoms with Crippen molar-refractivity contribution in [2.24, 2.45) is 4.99 Å². The molecule has 0 saturated carbocycles. The van der Waals surface area contributed by atoms with Crippen molar-refractivity contribution in [3.8, 4) is 0 Å². The van der Waals surface area contributed by atoms with Gasteiger partial charge in [0.1, 0.15) is 0 Å². The highest BCUT2D eigenvalue weighted by Crippen LogP contribution is 2.36. The minimum absolute atomic E-state index is 0.262. The molecule has 1 aromatic rings. The minimum atomic E-state index is 0.262. The molecule has 1 nitrogen and oxygen atoms in total. The molecule has 0 fully saturated rings. The van der Waals surface area contributed by atoms with Gasteiger partial charge in [-0.05, 0) is 23.5 Å². The second-order valence-corrected chi connectivity index (χ2v) is 3.92. The number of aliphatic imine (C=N–C) groups is 1. The fourth-order valence-corrected chi connectivity index (χ4v) is 1.64. The maximum absolute atomic E-state index is 4.36. The molecule has 1 aliphatic rings. The predicted octanol–water partition coefficient (Wildman–Crippen LogP) is 4.10. The molecule has 1 heterocycles. The normalized spacial score (nSPS) is 16.6. The van der Waals surface area contributed by atoms with Crippen LogP contribution >= 0.6 is 0 Å². The summed E-state index contributed by atoms with van der Waals surface area (Å²) in [5.41, 5.74) is 2.76. The Morgan fingerprint density at radius 3 is 2.43 bits per heavy atom. The van der Waals surface area contributed by atoms with Gasteiger partial charge in [0.25, 0.3) is 0 Å². The van der Waals surface area contributed by atoms with Gasteiger partial charge in [-0.2, -0.15) is 0 Å². The van der Waals surface area contributed by atoms with Crippen LogP contribution in [0.1, 0.15) is 39.7 Å². The molecule has 0 N–H and O–H groups in total. The van der Waals surface area contributed by atoms with E-state index in [9.17, 15) is 0 Å². The van der Waals surface area contributed by atoms with E-state index in [1.807, 2.05) is 26.1 Å². The van der Waals surface area contributed by atoms with Crippen molar-refractivity contribution >= 4 is 11.9 Å². The van der Waals surface area contributed by atoms with E-state index < -0.39 is 0 Å². The van der Waals surface area contributed by atoms with Crippen LogP contribution in [0.2, 0.25) is 0 Å². The lowest BCUT2D eigenvalue weighted by molar-refractivity contribution is 0.549. The highest BCUT2D eigenvalue weighted by Gasteiger charge is 2.24. The molecule has 0 spiro atoms. The van der Waals surface area contributed by atoms with Gasteiger partial charge in [-0.3, -0.25) is 4.99 Å². The number of fused-ring (bicyclic) bond motifs is 1. The maximum Gasteiger partial charge on any atom is 0.0663 e. The summed E-state index contributed by atoms with van der Waals surface area (Å²) >= 11 is 0. The standard InChI is InChI=1S/C11H13N.C2H6/c1-11(2)7-8-12-10-6-4-3-5-9(10)11;1-2/h3-6,8H,7H2,1-2H3;1-2H3. The van der Waals surface area contributed by atoms with Gasteiger partial charge < -0.3 is 0 Å². The molecule has 0 amide bonds. The van der Waals surface area contributed by atoms with Gasteiger partial charge in [-0.25, -0.2) is 0 Å². The third kappa shape index (κ3) is 2.03. The van der Waals surface area contributed by atoms with Gasteiger partial charge in [0.15, 0.2) is 0 Å². The van der Waals surface area contributed by atoms with E-state index in [-0.39, 0.29) is 5.41 Å². The molecule has 14 heavy (non-hydrogen) atoms. The highest BCUT2D eigenvalue weighted by atomic mass is 14.7. The van der Waals surface area contributed by atoms with Crippen molar-refractivity contribution in [3.05, 3.63) is 29.8 Å². The smallest absolute Gasteiger partial charge is 0.0663 e. The van der Waals surface area contributed by atoms with Gasteiger partial charge in [0.2, 0.25) is 0 Å². The monoisotopic (exact) mass is 189 g/mol. The Hall–Kier alpha value is -1.11. The van der Waals surface area contributed by atoms with Gasteiger partial charge in [-0.15, -0.1) is 0 Å². The van der Waals surface area contributed by atoms with Crippen LogP contribution in [0.4, 0.5) is 5.69 Å². The number of hydrogen-bond donors (Lipinski definition) is 0. The second-order valence-electron chi connectivity index (χ2n) is 3.92. The van der Waals surface area contributed by atoms with E-state index >= 15 is 0 Å². The number of hydrogen-bond acceptors (Lipinski definition) is 1. The van der Waals surface area contributed by atoms with Crippen molar-refractivity contribution in [3.63, 3.8) is 0 Å². The first-order valence-electron chi connectivity index (χ1n) is 5.32. The van der Waals surface area contributed by atoms with Crippen molar-refractivity contribution in [1.29, 1.82) is 0 Å². The number of nitrogens with zero attached hydrogens (tertiary/aromatic N) is 1. The quantitative estimate of drug-likeness (QED) is 0.582. The van der Waals surface area contributed by atoms with Crippen LogP contribution in [-0.4, -0.2) is 6.21 Å². The molecule has 0 aliphatic carbocycles. The van der Waals surface area contributed by atoms with Crippen LogP contribution in [0.3, 0.4) is 0 Å². The average Bonchev–Trinajstić information content (AvgIpc) is 2.21. The largest absolute Gasteiger partial charge is 0.261 e. The van der Waals surface area contributed by atoms with Crippen molar-refractivity contribution < 1.29 is 0 Å². The van der Waals surface area contributed by atoms with Gasteiger partial charge in [0, 0.05) is 6.21 Å². The van der Waals surface area contributed by atoms with E-state index in [0.29, 0.717) is 0 Å². The summed E-state index contributed by atoms with van der Waals surface area (Å²) in [6.45, 7) is 8.52. The summed E-state index contributed by atoms with van der Waals surface area (Å²) in [7, 11) is 0. The summed E-state index contributed by atoms with van der Waals surface area (Å²) in [5.74, 6) is 0. The average molecular weight is 189 g/mol. The van der Waals surface area contributed by atoms with Crippen molar-refractivity contribution in [1.82, 2.24) is 0 Å². The third-order valence-corrected chi connectivity index (χ3v) is 2.47.